The molecule has 0 fully saturated rings. The maximum absolute atomic E-state index is 5.35. The van der Waals surface area contributed by atoms with E-state index in [4.69, 9.17) is 28.4 Å². The van der Waals surface area contributed by atoms with Crippen molar-refractivity contribution < 1.29 is 28.4 Å². The fraction of sp³-hybridized carbons (Fsp3) is 1.00. The molecule has 116 valence electrons. The van der Waals surface area contributed by atoms with Gasteiger partial charge in [0.1, 0.15) is 0 Å². The van der Waals surface area contributed by atoms with Crippen molar-refractivity contribution in [2.45, 2.75) is 13.0 Å². The highest BCUT2D eigenvalue weighted by Gasteiger charge is 1.98. The van der Waals surface area contributed by atoms with Crippen LogP contribution in [0.25, 0.3) is 0 Å². The molecule has 0 aliphatic heterocycles. The van der Waals surface area contributed by atoms with Crippen molar-refractivity contribution in [3.63, 3.8) is 0 Å². The van der Waals surface area contributed by atoms with Gasteiger partial charge in [0.2, 0.25) is 0 Å². The van der Waals surface area contributed by atoms with Gasteiger partial charge in [-0.05, 0) is 6.92 Å². The molecule has 6 nitrogen and oxygen atoms in total. The smallest absolute Gasteiger partial charge is 0.0776 e. The molecule has 1 unspecified atom stereocenters. The summed E-state index contributed by atoms with van der Waals surface area (Å²) >= 11 is 0. The lowest BCUT2D eigenvalue weighted by molar-refractivity contribution is -0.0235. The summed E-state index contributed by atoms with van der Waals surface area (Å²) in [5, 5.41) is 0. The van der Waals surface area contributed by atoms with Crippen LogP contribution in [0.1, 0.15) is 6.92 Å². The second-order valence-electron chi connectivity index (χ2n) is 3.95. The molecule has 0 radical (unpaired) electrons. The number of hydrogen-bond donors (Lipinski definition) is 0. The van der Waals surface area contributed by atoms with E-state index in [1.807, 2.05) is 6.92 Å². The first-order valence-corrected chi connectivity index (χ1v) is 6.64. The van der Waals surface area contributed by atoms with Crippen molar-refractivity contribution in [2.24, 2.45) is 0 Å². The number of rotatable bonds is 15. The molecule has 0 aromatic rings. The Morgan fingerprint density at radius 1 is 0.632 bits per heavy atom. The van der Waals surface area contributed by atoms with Gasteiger partial charge < -0.3 is 28.4 Å². The first-order valence-electron chi connectivity index (χ1n) is 6.64. The Morgan fingerprint density at radius 3 is 1.47 bits per heavy atom. The Balaban J connectivity index is 2.95. The zero-order valence-electron chi connectivity index (χ0n) is 12.4. The average molecular weight is 280 g/mol. The molecule has 19 heavy (non-hydrogen) atoms. The van der Waals surface area contributed by atoms with E-state index in [0.717, 1.165) is 0 Å². The van der Waals surface area contributed by atoms with E-state index in [0.29, 0.717) is 59.5 Å². The molecule has 1 atom stereocenters. The van der Waals surface area contributed by atoms with Crippen LogP contribution in [0.4, 0.5) is 0 Å². The molecule has 0 amide bonds. The molecule has 0 aromatic carbocycles. The van der Waals surface area contributed by atoms with Crippen LogP contribution < -0.4 is 0 Å². The van der Waals surface area contributed by atoms with Gasteiger partial charge in [0.25, 0.3) is 0 Å². The summed E-state index contributed by atoms with van der Waals surface area (Å²) in [6.45, 7) is 7.23. The molecule has 0 spiro atoms. The first-order chi connectivity index (χ1) is 9.31. The summed E-state index contributed by atoms with van der Waals surface area (Å²) in [6.07, 6.45) is 0.126. The maximum atomic E-state index is 5.35. The molecule has 0 bridgehead atoms. The highest BCUT2D eigenvalue weighted by atomic mass is 16.6. The Morgan fingerprint density at radius 2 is 1.05 bits per heavy atom. The SMILES string of the molecule is COCCOCCOCCOCCOCC(C)OC. The summed E-state index contributed by atoms with van der Waals surface area (Å²) in [6, 6.07) is 0. The third-order valence-corrected chi connectivity index (χ3v) is 2.30. The highest BCUT2D eigenvalue weighted by molar-refractivity contribution is 4.44. The maximum Gasteiger partial charge on any atom is 0.0776 e. The molecule has 0 heterocycles. The molecule has 0 N–H and O–H groups in total. The standard InChI is InChI=1S/C13H28O6/c1-13(15-3)12-19-11-10-18-9-8-17-7-6-16-5-4-14-2/h13H,4-12H2,1-3H3. The van der Waals surface area contributed by atoms with Gasteiger partial charge in [0.15, 0.2) is 0 Å². The van der Waals surface area contributed by atoms with Crippen molar-refractivity contribution >= 4 is 0 Å². The second kappa shape index (κ2) is 15.8. The van der Waals surface area contributed by atoms with Gasteiger partial charge in [-0.25, -0.2) is 0 Å². The third kappa shape index (κ3) is 15.7. The number of hydrogen-bond acceptors (Lipinski definition) is 6. The summed E-state index contributed by atoms with van der Waals surface area (Å²) < 4.78 is 31.2. The van der Waals surface area contributed by atoms with Crippen LogP contribution in [0.15, 0.2) is 0 Å². The van der Waals surface area contributed by atoms with Crippen LogP contribution in [0, 0.1) is 0 Å². The molecule has 0 rings (SSSR count). The Kier molecular flexibility index (Phi) is 15.6. The molecule has 0 saturated heterocycles. The van der Waals surface area contributed by atoms with E-state index in [1.165, 1.54) is 0 Å². The average Bonchev–Trinajstić information content (AvgIpc) is 2.43. The zero-order valence-corrected chi connectivity index (χ0v) is 12.4. The van der Waals surface area contributed by atoms with Crippen LogP contribution >= 0.6 is 0 Å². The van der Waals surface area contributed by atoms with Crippen LogP contribution in [0.3, 0.4) is 0 Å². The Bertz CT molecular complexity index is 167. The molecule has 6 heteroatoms. The van der Waals surface area contributed by atoms with Gasteiger partial charge in [0, 0.05) is 14.2 Å². The summed E-state index contributed by atoms with van der Waals surface area (Å²) in [4.78, 5) is 0. The molecule has 0 aromatic heterocycles. The molecular weight excluding hydrogens is 252 g/mol. The molecular formula is C13H28O6. The monoisotopic (exact) mass is 280 g/mol. The quantitative estimate of drug-likeness (QED) is 0.412. The van der Waals surface area contributed by atoms with Crippen LogP contribution in [0.5, 0.6) is 0 Å². The van der Waals surface area contributed by atoms with Crippen molar-refractivity contribution in [2.75, 3.05) is 73.7 Å². The van der Waals surface area contributed by atoms with Crippen LogP contribution in [-0.4, -0.2) is 79.8 Å². The third-order valence-electron chi connectivity index (χ3n) is 2.30. The first kappa shape index (κ1) is 18.8. The van der Waals surface area contributed by atoms with Gasteiger partial charge in [-0.2, -0.15) is 0 Å². The number of ether oxygens (including phenoxy) is 6. The Labute approximate surface area is 116 Å². The largest absolute Gasteiger partial charge is 0.382 e. The predicted octanol–water partition coefficient (Wildman–Crippen LogP) is 0.734. The van der Waals surface area contributed by atoms with E-state index in [9.17, 15) is 0 Å². The van der Waals surface area contributed by atoms with E-state index in [2.05, 4.69) is 0 Å². The number of methoxy groups -OCH3 is 2. The van der Waals surface area contributed by atoms with Crippen molar-refractivity contribution in [3.8, 4) is 0 Å². The van der Waals surface area contributed by atoms with E-state index < -0.39 is 0 Å². The van der Waals surface area contributed by atoms with Gasteiger partial charge in [-0.1, -0.05) is 0 Å². The molecule has 0 aliphatic rings. The normalized spacial score (nSPS) is 12.8. The van der Waals surface area contributed by atoms with Crippen LogP contribution in [-0.2, 0) is 28.4 Å². The van der Waals surface area contributed by atoms with Gasteiger partial charge in [0.05, 0.1) is 65.6 Å². The predicted molar refractivity (Wildman–Crippen MR) is 71.6 cm³/mol. The second-order valence-corrected chi connectivity index (χ2v) is 3.95. The topological polar surface area (TPSA) is 55.4 Å². The highest BCUT2D eigenvalue weighted by Crippen LogP contribution is 1.89. The van der Waals surface area contributed by atoms with E-state index in [-0.39, 0.29) is 6.10 Å². The van der Waals surface area contributed by atoms with Crippen LogP contribution in [0.2, 0.25) is 0 Å². The van der Waals surface area contributed by atoms with E-state index in [1.54, 1.807) is 14.2 Å². The summed E-state index contributed by atoms with van der Waals surface area (Å²) in [7, 11) is 3.32. The minimum atomic E-state index is 0.126. The van der Waals surface area contributed by atoms with E-state index >= 15 is 0 Å². The minimum Gasteiger partial charge on any atom is -0.382 e. The lowest BCUT2D eigenvalue weighted by atomic mass is 10.4. The molecule has 0 aliphatic carbocycles. The lowest BCUT2D eigenvalue weighted by Gasteiger charge is -2.10. The van der Waals surface area contributed by atoms with Gasteiger partial charge in [-0.3, -0.25) is 0 Å². The lowest BCUT2D eigenvalue weighted by Crippen LogP contribution is -2.17. The Hall–Kier alpha value is -0.240. The van der Waals surface area contributed by atoms with Gasteiger partial charge >= 0.3 is 0 Å². The summed E-state index contributed by atoms with van der Waals surface area (Å²) in [5.74, 6) is 0. The minimum absolute atomic E-state index is 0.126. The van der Waals surface area contributed by atoms with Gasteiger partial charge in [-0.15, -0.1) is 0 Å². The zero-order chi connectivity index (χ0) is 14.2. The van der Waals surface area contributed by atoms with Crippen molar-refractivity contribution in [3.05, 3.63) is 0 Å². The summed E-state index contributed by atoms with van der Waals surface area (Å²) in [5.41, 5.74) is 0. The van der Waals surface area contributed by atoms with Crippen molar-refractivity contribution in [1.29, 1.82) is 0 Å². The molecule has 0 saturated carbocycles. The van der Waals surface area contributed by atoms with Crippen molar-refractivity contribution in [1.82, 2.24) is 0 Å². The fourth-order valence-corrected chi connectivity index (χ4v) is 1.12. The fourth-order valence-electron chi connectivity index (χ4n) is 1.12.